The predicted molar refractivity (Wildman–Crippen MR) is 88.0 cm³/mol. The average Bonchev–Trinajstić information content (AvgIpc) is 3.30. The van der Waals surface area contributed by atoms with Crippen molar-refractivity contribution in [3.63, 3.8) is 0 Å². The maximum Gasteiger partial charge on any atom is 0.340 e. The molecular formula is C18H20N2O5. The minimum atomic E-state index is -0.571. The molecule has 0 saturated carbocycles. The zero-order chi connectivity index (χ0) is 18.0. The molecule has 0 aliphatic carbocycles. The fraction of sp³-hybridized carbons (Fsp3) is 0.389. The normalized spacial score (nSPS) is 14.2. The highest BCUT2D eigenvalue weighted by Gasteiger charge is 2.27. The van der Waals surface area contributed by atoms with E-state index >= 15 is 0 Å². The molecule has 3 heterocycles. The van der Waals surface area contributed by atoms with Crippen LogP contribution in [0.15, 0.2) is 28.9 Å². The topological polar surface area (TPSA) is 81.8 Å². The van der Waals surface area contributed by atoms with E-state index < -0.39 is 18.5 Å². The van der Waals surface area contributed by atoms with Crippen molar-refractivity contribution in [1.82, 2.24) is 9.47 Å². The molecule has 2 amide bonds. The summed E-state index contributed by atoms with van der Waals surface area (Å²) in [5, 5.41) is 0. The summed E-state index contributed by atoms with van der Waals surface area (Å²) in [6, 6.07) is 5.40. The lowest BCUT2D eigenvalue weighted by Crippen LogP contribution is -2.35. The van der Waals surface area contributed by atoms with Gasteiger partial charge in [-0.15, -0.1) is 0 Å². The summed E-state index contributed by atoms with van der Waals surface area (Å²) in [6.07, 6.45) is 2.63. The molecule has 0 bridgehead atoms. The number of carbonyl (C=O) groups excluding carboxylic acids is 3. The fourth-order valence-electron chi connectivity index (χ4n) is 3.00. The smallest absolute Gasteiger partial charge is 0.340 e. The van der Waals surface area contributed by atoms with Crippen LogP contribution < -0.4 is 0 Å². The number of imide groups is 1. The van der Waals surface area contributed by atoms with Gasteiger partial charge in [-0.2, -0.15) is 0 Å². The zero-order valence-electron chi connectivity index (χ0n) is 14.3. The van der Waals surface area contributed by atoms with Crippen LogP contribution in [0, 0.1) is 13.8 Å². The summed E-state index contributed by atoms with van der Waals surface area (Å²) in [5.74, 6) is -0.471. The van der Waals surface area contributed by atoms with Crippen LogP contribution in [0.1, 0.15) is 40.3 Å². The van der Waals surface area contributed by atoms with Gasteiger partial charge >= 0.3 is 5.97 Å². The number of esters is 1. The Labute approximate surface area is 145 Å². The number of nitrogens with zero attached hydrogens (tertiary/aromatic N) is 2. The van der Waals surface area contributed by atoms with E-state index in [2.05, 4.69) is 0 Å². The lowest BCUT2D eigenvalue weighted by molar-refractivity contribution is -0.143. The van der Waals surface area contributed by atoms with E-state index in [0.717, 1.165) is 22.0 Å². The Kier molecular flexibility index (Phi) is 4.74. The number of amides is 2. The maximum atomic E-state index is 12.3. The van der Waals surface area contributed by atoms with Crippen LogP contribution in [0.2, 0.25) is 0 Å². The number of carbonyl (C=O) groups is 3. The number of hydrogen-bond acceptors (Lipinski definition) is 5. The quantitative estimate of drug-likeness (QED) is 0.776. The first kappa shape index (κ1) is 17.0. The highest BCUT2D eigenvalue weighted by atomic mass is 16.5. The van der Waals surface area contributed by atoms with E-state index in [-0.39, 0.29) is 5.91 Å². The van der Waals surface area contributed by atoms with Gasteiger partial charge in [-0.3, -0.25) is 14.5 Å². The van der Waals surface area contributed by atoms with Gasteiger partial charge in [0.15, 0.2) is 6.61 Å². The van der Waals surface area contributed by atoms with Crippen molar-refractivity contribution in [1.29, 1.82) is 0 Å². The summed E-state index contributed by atoms with van der Waals surface area (Å²) >= 11 is 0. The Bertz CT molecular complexity index is 804. The molecule has 0 aromatic carbocycles. The Morgan fingerprint density at radius 1 is 1.32 bits per heavy atom. The fourth-order valence-corrected chi connectivity index (χ4v) is 3.00. The Hall–Kier alpha value is -2.83. The van der Waals surface area contributed by atoms with Crippen molar-refractivity contribution < 1.29 is 23.5 Å². The molecule has 3 rings (SSSR count). The molecule has 0 radical (unpaired) electrons. The standard InChI is InChI=1S/C18H20N2O5/c1-12-9-15(13(2)20(12)10-14-5-4-8-24-14)18(23)25-11-17(22)19-7-3-6-16(19)21/h4-5,8-9H,3,6-7,10-11H2,1-2H3. The Balaban J connectivity index is 1.66. The molecule has 7 nitrogen and oxygen atoms in total. The number of aryl methyl sites for hydroxylation is 1. The van der Waals surface area contributed by atoms with E-state index in [9.17, 15) is 14.4 Å². The van der Waals surface area contributed by atoms with Gasteiger partial charge in [0, 0.05) is 24.4 Å². The molecule has 2 aromatic heterocycles. The van der Waals surface area contributed by atoms with Gasteiger partial charge in [0.25, 0.3) is 5.91 Å². The molecular weight excluding hydrogens is 324 g/mol. The summed E-state index contributed by atoms with van der Waals surface area (Å²) in [7, 11) is 0. The number of ether oxygens (including phenoxy) is 1. The molecule has 1 aliphatic heterocycles. The minimum absolute atomic E-state index is 0.210. The Morgan fingerprint density at radius 3 is 2.76 bits per heavy atom. The highest BCUT2D eigenvalue weighted by molar-refractivity contribution is 5.99. The molecule has 1 saturated heterocycles. The third-order valence-electron chi connectivity index (χ3n) is 4.39. The van der Waals surface area contributed by atoms with Crippen molar-refractivity contribution in [2.75, 3.05) is 13.2 Å². The van der Waals surface area contributed by atoms with Crippen LogP contribution in [0.3, 0.4) is 0 Å². The number of hydrogen-bond donors (Lipinski definition) is 0. The lowest BCUT2D eigenvalue weighted by atomic mass is 10.2. The van der Waals surface area contributed by atoms with Crippen LogP contribution in [0.25, 0.3) is 0 Å². The van der Waals surface area contributed by atoms with Gasteiger partial charge in [0.2, 0.25) is 5.91 Å². The second kappa shape index (κ2) is 6.96. The first-order valence-electron chi connectivity index (χ1n) is 8.17. The zero-order valence-corrected chi connectivity index (χ0v) is 14.3. The highest BCUT2D eigenvalue weighted by Crippen LogP contribution is 2.18. The molecule has 0 atom stereocenters. The summed E-state index contributed by atoms with van der Waals surface area (Å²) in [6.45, 7) is 4.19. The molecule has 0 spiro atoms. The molecule has 2 aromatic rings. The largest absolute Gasteiger partial charge is 0.467 e. The predicted octanol–water partition coefficient (Wildman–Crippen LogP) is 2.05. The number of likely N-dealkylation sites (tertiary alicyclic amines) is 1. The number of furan rings is 1. The molecule has 0 N–H and O–H groups in total. The Morgan fingerprint density at radius 2 is 2.12 bits per heavy atom. The van der Waals surface area contributed by atoms with E-state index in [1.54, 1.807) is 12.3 Å². The maximum absolute atomic E-state index is 12.3. The number of aromatic nitrogens is 1. The van der Waals surface area contributed by atoms with Crippen molar-refractivity contribution in [3.05, 3.63) is 47.2 Å². The average molecular weight is 344 g/mol. The summed E-state index contributed by atoms with van der Waals surface area (Å²) < 4.78 is 12.4. The minimum Gasteiger partial charge on any atom is -0.467 e. The SMILES string of the molecule is Cc1cc(C(=O)OCC(=O)N2CCCC2=O)c(C)n1Cc1ccco1. The van der Waals surface area contributed by atoms with Gasteiger partial charge in [-0.25, -0.2) is 4.79 Å². The molecule has 7 heteroatoms. The molecule has 0 unspecified atom stereocenters. The van der Waals surface area contributed by atoms with Crippen LogP contribution in [0.5, 0.6) is 0 Å². The van der Waals surface area contributed by atoms with Crippen molar-refractivity contribution >= 4 is 17.8 Å². The second-order valence-electron chi connectivity index (χ2n) is 6.07. The van der Waals surface area contributed by atoms with Gasteiger partial charge in [0.1, 0.15) is 5.76 Å². The molecule has 1 aliphatic rings. The van der Waals surface area contributed by atoms with Gasteiger partial charge in [-0.05, 0) is 38.5 Å². The van der Waals surface area contributed by atoms with Crippen LogP contribution in [-0.4, -0.2) is 40.4 Å². The molecule has 132 valence electrons. The van der Waals surface area contributed by atoms with Crippen molar-refractivity contribution in [2.24, 2.45) is 0 Å². The van der Waals surface area contributed by atoms with Gasteiger partial charge in [0.05, 0.1) is 18.4 Å². The molecule has 1 fully saturated rings. The van der Waals surface area contributed by atoms with Crippen LogP contribution in [0.4, 0.5) is 0 Å². The first-order valence-corrected chi connectivity index (χ1v) is 8.17. The van der Waals surface area contributed by atoms with E-state index in [1.807, 2.05) is 30.5 Å². The molecule has 25 heavy (non-hydrogen) atoms. The third-order valence-corrected chi connectivity index (χ3v) is 4.39. The van der Waals surface area contributed by atoms with Crippen molar-refractivity contribution in [2.45, 2.75) is 33.2 Å². The van der Waals surface area contributed by atoms with E-state index in [4.69, 9.17) is 9.15 Å². The van der Waals surface area contributed by atoms with Gasteiger partial charge in [-0.1, -0.05) is 0 Å². The van der Waals surface area contributed by atoms with E-state index in [0.29, 0.717) is 31.5 Å². The lowest BCUT2D eigenvalue weighted by Gasteiger charge is -2.13. The second-order valence-corrected chi connectivity index (χ2v) is 6.07. The number of rotatable bonds is 5. The van der Waals surface area contributed by atoms with Crippen LogP contribution >= 0.6 is 0 Å². The first-order chi connectivity index (χ1) is 12.0. The summed E-state index contributed by atoms with van der Waals surface area (Å²) in [5.41, 5.74) is 2.04. The van der Waals surface area contributed by atoms with Crippen molar-refractivity contribution in [3.8, 4) is 0 Å². The van der Waals surface area contributed by atoms with E-state index in [1.165, 1.54) is 0 Å². The summed E-state index contributed by atoms with van der Waals surface area (Å²) in [4.78, 5) is 37.0. The third kappa shape index (κ3) is 3.50. The van der Waals surface area contributed by atoms with Gasteiger partial charge < -0.3 is 13.7 Å². The monoisotopic (exact) mass is 344 g/mol. The van der Waals surface area contributed by atoms with Crippen LogP contribution in [-0.2, 0) is 20.9 Å².